The van der Waals surface area contributed by atoms with Gasteiger partial charge < -0.3 is 0 Å². The zero-order valence-electron chi connectivity index (χ0n) is 74.8. The van der Waals surface area contributed by atoms with Gasteiger partial charge in [-0.15, -0.1) is 0 Å². The molecule has 594 valence electrons. The van der Waals surface area contributed by atoms with Crippen LogP contribution in [0.2, 0.25) is 0 Å². The Morgan fingerprint density at radius 2 is 0.657 bits per heavy atom. The molecular formula is C99H198. The molecule has 0 nitrogen and oxygen atoms in total. The third kappa shape index (κ3) is 45.4. The van der Waals surface area contributed by atoms with Crippen LogP contribution in [0.15, 0.2) is 0 Å². The number of hydrogen-bond donors (Lipinski definition) is 0. The van der Waals surface area contributed by atoms with Crippen molar-refractivity contribution < 1.29 is 0 Å². The van der Waals surface area contributed by atoms with Gasteiger partial charge in [0.05, 0.1) is 0 Å². The summed E-state index contributed by atoms with van der Waals surface area (Å²) < 4.78 is 0. The molecule has 17 saturated carbocycles. The molecule has 0 aromatic heterocycles. The van der Waals surface area contributed by atoms with Crippen molar-refractivity contribution in [1.82, 2.24) is 0 Å². The van der Waals surface area contributed by atoms with E-state index in [4.69, 9.17) is 0 Å². The van der Waals surface area contributed by atoms with E-state index >= 15 is 0 Å². The second kappa shape index (κ2) is 52.9. The smallest absolute Gasteiger partial charge is 0.0292 e. The minimum atomic E-state index is 0.500. The van der Waals surface area contributed by atoms with Gasteiger partial charge in [0.15, 0.2) is 0 Å². The summed E-state index contributed by atoms with van der Waals surface area (Å²) in [7, 11) is 0. The molecule has 17 aliphatic carbocycles. The largest absolute Gasteiger partial charge is 0.0683 e. The van der Waals surface area contributed by atoms with Gasteiger partial charge >= 0.3 is 0 Å². The molecule has 0 heterocycles. The molecule has 0 spiro atoms. The molecule has 12 bridgehead atoms. The summed E-state index contributed by atoms with van der Waals surface area (Å²) in [6.45, 7) is 62.6. The molecule has 6 atom stereocenters. The van der Waals surface area contributed by atoms with E-state index in [1.165, 1.54) is 180 Å². The first-order chi connectivity index (χ1) is 46.7. The molecule has 17 aliphatic rings. The summed E-state index contributed by atoms with van der Waals surface area (Å²) in [6, 6.07) is 0. The Balaban J connectivity index is 0.000000540. The summed E-state index contributed by atoms with van der Waals surface area (Å²) in [5.74, 6) is 19.7. The lowest BCUT2D eigenvalue weighted by molar-refractivity contribution is -0.0545. The van der Waals surface area contributed by atoms with Gasteiger partial charge in [-0.2, -0.15) is 0 Å². The summed E-state index contributed by atoms with van der Waals surface area (Å²) in [5, 5.41) is 0. The standard InChI is InChI=1S/C12H20.C11H18.C9H16.C8H14.C8H16.3C7H14.C6H12.C6H14.2C5H12.C4H10.2C2H6/c1-2-12-6-9-3-10(7-12)5-11(4-9)8-12;1-11-5-8-2-9(6-11)4-10(3-8)7-11;1-2-8-5-7-3-4-9(8)6-7;1-6-4-7-2-3-8(6)5-7;1-2-8-6-4-3-5-7-8;1-7(2)5-3-4-6-7;1-7-5-3-2-4-6-7;1-2-7-5-3-4-6-7;1-6-4-2-3-5-6;1-5-6(2,3)4;1-5(2,3)4;1-4-5(2)3;1-4(2)3;2*1-2/h9-11H,2-8H2,1H3;8-10H,2-7H2,1H3;7-9H,2-6H2,1H3;6-8H,2-5H2,1H3;8H,2-7H2,1H3;3-6H2,1-2H3;2*7H,2-6H2,1H3;6H,2-5H2,1H3;5H2,1-4H3;1-4H3;5H,4H2,1-3H3;4H,1-3H3;2*1-2H3/t;;;6-,7?,8?;;;;;;;;;;;/m...0.........../s1. The first-order valence-electron chi connectivity index (χ1n) is 46.7. The van der Waals surface area contributed by atoms with E-state index in [2.05, 4.69) is 166 Å². The Hall–Kier alpha value is 0. The third-order valence-electron chi connectivity index (χ3n) is 27.5. The normalized spacial score (nSPS) is 33.4. The lowest BCUT2D eigenvalue weighted by Gasteiger charge is -2.56. The zero-order chi connectivity index (χ0) is 74.8. The van der Waals surface area contributed by atoms with Gasteiger partial charge in [-0.05, 0) is 262 Å². The molecule has 17 rings (SSSR count). The highest BCUT2D eigenvalue weighted by Crippen LogP contribution is 2.62. The highest BCUT2D eigenvalue weighted by atomic mass is 14.6. The fourth-order valence-electron chi connectivity index (χ4n) is 21.5. The van der Waals surface area contributed by atoms with Crippen LogP contribution in [0.1, 0.15) is 502 Å². The van der Waals surface area contributed by atoms with E-state index < -0.39 is 0 Å². The highest BCUT2D eigenvalue weighted by molar-refractivity contribution is 5.01. The van der Waals surface area contributed by atoms with Crippen LogP contribution in [0.3, 0.4) is 0 Å². The van der Waals surface area contributed by atoms with Crippen LogP contribution in [-0.4, -0.2) is 0 Å². The molecule has 0 amide bonds. The maximum Gasteiger partial charge on any atom is -0.0292 e. The van der Waals surface area contributed by atoms with Crippen molar-refractivity contribution in [3.05, 3.63) is 0 Å². The Kier molecular flexibility index (Phi) is 51.9. The molecule has 0 aromatic rings. The molecule has 0 aromatic carbocycles. The van der Waals surface area contributed by atoms with Gasteiger partial charge in [0.1, 0.15) is 0 Å². The summed E-state index contributed by atoms with van der Waals surface area (Å²) in [5.41, 5.74) is 3.38. The first kappa shape index (κ1) is 97.0. The molecule has 0 heteroatoms. The van der Waals surface area contributed by atoms with E-state index in [-0.39, 0.29) is 0 Å². The van der Waals surface area contributed by atoms with Crippen molar-refractivity contribution in [2.24, 2.45) is 134 Å². The van der Waals surface area contributed by atoms with E-state index in [9.17, 15) is 0 Å². The Morgan fingerprint density at radius 3 is 0.818 bits per heavy atom. The molecule has 17 fully saturated rings. The van der Waals surface area contributed by atoms with Crippen molar-refractivity contribution in [3.63, 3.8) is 0 Å². The van der Waals surface area contributed by atoms with Gasteiger partial charge in [0, 0.05) is 0 Å². The van der Waals surface area contributed by atoms with Gasteiger partial charge in [-0.1, -0.05) is 374 Å². The van der Waals surface area contributed by atoms with Gasteiger partial charge in [0.25, 0.3) is 0 Å². The van der Waals surface area contributed by atoms with E-state index in [0.717, 1.165) is 117 Å². The molecular weight excluding hydrogens is 1190 g/mol. The van der Waals surface area contributed by atoms with Gasteiger partial charge in [0.2, 0.25) is 0 Å². The molecule has 99 heavy (non-hydrogen) atoms. The average Bonchev–Trinajstić information content (AvgIpc) is 1.76. The van der Waals surface area contributed by atoms with Crippen molar-refractivity contribution in [2.75, 3.05) is 0 Å². The highest BCUT2D eigenvalue weighted by Gasteiger charge is 2.50. The van der Waals surface area contributed by atoms with E-state index in [1.54, 1.807) is 128 Å². The maximum absolute atomic E-state index is 2.54. The summed E-state index contributed by atoms with van der Waals surface area (Å²) in [6.07, 6.45) is 72.6. The fourth-order valence-corrected chi connectivity index (χ4v) is 21.5. The molecule has 0 aliphatic heterocycles. The quantitative estimate of drug-likeness (QED) is 0.257. The maximum atomic E-state index is 2.54. The molecule has 0 N–H and O–H groups in total. The Morgan fingerprint density at radius 1 is 0.354 bits per heavy atom. The summed E-state index contributed by atoms with van der Waals surface area (Å²) >= 11 is 0. The minimum absolute atomic E-state index is 0.500. The van der Waals surface area contributed by atoms with Crippen molar-refractivity contribution >= 4 is 0 Å². The van der Waals surface area contributed by atoms with Crippen molar-refractivity contribution in [1.29, 1.82) is 0 Å². The molecule has 5 unspecified atom stereocenters. The average molecular weight is 1390 g/mol. The lowest BCUT2D eigenvalue weighted by atomic mass is 9.49. The lowest BCUT2D eigenvalue weighted by Crippen LogP contribution is -2.45. The third-order valence-corrected chi connectivity index (χ3v) is 27.5. The topological polar surface area (TPSA) is 0 Å². The molecule has 0 saturated heterocycles. The van der Waals surface area contributed by atoms with Crippen LogP contribution in [0.25, 0.3) is 0 Å². The molecule has 0 radical (unpaired) electrons. The predicted molar refractivity (Wildman–Crippen MR) is 455 cm³/mol. The van der Waals surface area contributed by atoms with E-state index in [1.807, 2.05) is 27.7 Å². The Bertz CT molecular complexity index is 1710. The first-order valence-corrected chi connectivity index (χ1v) is 46.7. The Labute approximate surface area is 631 Å². The monoisotopic (exact) mass is 1390 g/mol. The van der Waals surface area contributed by atoms with Gasteiger partial charge in [-0.3, -0.25) is 0 Å². The number of hydrogen-bond acceptors (Lipinski definition) is 0. The van der Waals surface area contributed by atoms with Crippen LogP contribution >= 0.6 is 0 Å². The number of fused-ring (bicyclic) bond motifs is 4. The van der Waals surface area contributed by atoms with Crippen molar-refractivity contribution in [2.45, 2.75) is 502 Å². The predicted octanol–water partition coefficient (Wildman–Crippen LogP) is 35.3. The minimum Gasteiger partial charge on any atom is -0.0683 e. The second-order valence-corrected chi connectivity index (χ2v) is 42.4. The van der Waals surface area contributed by atoms with Crippen molar-refractivity contribution in [3.8, 4) is 0 Å². The van der Waals surface area contributed by atoms with Crippen LogP contribution in [0, 0.1) is 134 Å². The van der Waals surface area contributed by atoms with Crippen LogP contribution < -0.4 is 0 Å². The number of rotatable bonds is 5. The van der Waals surface area contributed by atoms with Crippen LogP contribution in [-0.2, 0) is 0 Å². The fraction of sp³-hybridized carbons (Fsp3) is 1.00. The second-order valence-electron chi connectivity index (χ2n) is 42.4. The zero-order valence-corrected chi connectivity index (χ0v) is 74.8. The summed E-state index contributed by atoms with van der Waals surface area (Å²) in [4.78, 5) is 0. The SMILES string of the molecule is CC.CC.CC(C)(C)C.CC(C)C.CC1(C)CCCC1.CC12CC3CC(CC(C3)C1)C2.CC1CCCC1.CC1CCCCC1.CCC(C)(C)C.CCC(C)C.CCC12CC3CC(CC(C3)C1)C2.CCC1CC2CCC1C2.CCC1CCCC1.CCC1CCCCC1.C[C@H]1CC2CCC1C2. The van der Waals surface area contributed by atoms with Crippen LogP contribution in [0.5, 0.6) is 0 Å². The van der Waals surface area contributed by atoms with Gasteiger partial charge in [-0.25, -0.2) is 0 Å². The van der Waals surface area contributed by atoms with Crippen LogP contribution in [0.4, 0.5) is 0 Å². The van der Waals surface area contributed by atoms with E-state index in [0.29, 0.717) is 16.2 Å².